The van der Waals surface area contributed by atoms with Crippen LogP contribution >= 0.6 is 0 Å². The standard InChI is InChI=1S/C14H27NO/c1-10(2)11-4-3-5-12(7-6-11)15-13-8-14(16)9-13/h10-16H,3-9H2,1-2H3. The third-order valence-electron chi connectivity index (χ3n) is 4.54. The first-order valence-corrected chi connectivity index (χ1v) is 7.09. The summed E-state index contributed by atoms with van der Waals surface area (Å²) >= 11 is 0. The molecule has 0 aliphatic heterocycles. The molecule has 2 heteroatoms. The minimum absolute atomic E-state index is 0.0216. The summed E-state index contributed by atoms with van der Waals surface area (Å²) in [6.45, 7) is 4.72. The van der Waals surface area contributed by atoms with Crippen LogP contribution in [0.15, 0.2) is 0 Å². The Labute approximate surface area is 99.8 Å². The largest absolute Gasteiger partial charge is 0.393 e. The quantitative estimate of drug-likeness (QED) is 0.724. The van der Waals surface area contributed by atoms with Gasteiger partial charge in [0.05, 0.1) is 6.10 Å². The molecule has 2 aliphatic carbocycles. The van der Waals surface area contributed by atoms with Gasteiger partial charge in [0, 0.05) is 12.1 Å². The number of hydrogen-bond acceptors (Lipinski definition) is 2. The van der Waals surface area contributed by atoms with Gasteiger partial charge in [-0.2, -0.15) is 0 Å². The lowest BCUT2D eigenvalue weighted by molar-refractivity contribution is 0.0567. The molecule has 2 nitrogen and oxygen atoms in total. The highest BCUT2D eigenvalue weighted by Gasteiger charge is 2.30. The first-order chi connectivity index (χ1) is 7.65. The topological polar surface area (TPSA) is 32.3 Å². The molecule has 2 atom stereocenters. The molecule has 0 amide bonds. The molecule has 0 saturated heterocycles. The summed E-state index contributed by atoms with van der Waals surface area (Å²) in [4.78, 5) is 0. The molecule has 0 spiro atoms. The van der Waals surface area contributed by atoms with E-state index in [0.29, 0.717) is 6.04 Å². The number of rotatable bonds is 3. The van der Waals surface area contributed by atoms with E-state index in [4.69, 9.17) is 0 Å². The highest BCUT2D eigenvalue weighted by Crippen LogP contribution is 2.30. The molecule has 2 fully saturated rings. The van der Waals surface area contributed by atoms with Crippen LogP contribution in [0, 0.1) is 11.8 Å². The van der Waals surface area contributed by atoms with Gasteiger partial charge in [0.25, 0.3) is 0 Å². The van der Waals surface area contributed by atoms with E-state index < -0.39 is 0 Å². The van der Waals surface area contributed by atoms with Gasteiger partial charge in [-0.05, 0) is 43.9 Å². The van der Waals surface area contributed by atoms with E-state index in [1.165, 1.54) is 32.1 Å². The Morgan fingerprint density at radius 2 is 1.75 bits per heavy atom. The summed E-state index contributed by atoms with van der Waals surface area (Å²) < 4.78 is 0. The average Bonchev–Trinajstić information content (AvgIpc) is 2.41. The molecule has 0 aromatic carbocycles. The maximum absolute atomic E-state index is 9.28. The lowest BCUT2D eigenvalue weighted by Gasteiger charge is -2.35. The van der Waals surface area contributed by atoms with Crippen molar-refractivity contribution in [3.63, 3.8) is 0 Å². The van der Waals surface area contributed by atoms with Crippen molar-refractivity contribution in [1.82, 2.24) is 5.32 Å². The predicted molar refractivity (Wildman–Crippen MR) is 67.4 cm³/mol. The molecule has 2 N–H and O–H groups in total. The van der Waals surface area contributed by atoms with Gasteiger partial charge in [-0.3, -0.25) is 0 Å². The smallest absolute Gasteiger partial charge is 0.0570 e. The maximum Gasteiger partial charge on any atom is 0.0570 e. The summed E-state index contributed by atoms with van der Waals surface area (Å²) in [6, 6.07) is 1.33. The fourth-order valence-electron chi connectivity index (χ4n) is 3.22. The lowest BCUT2D eigenvalue weighted by Crippen LogP contribution is -2.48. The Morgan fingerprint density at radius 3 is 2.38 bits per heavy atom. The molecule has 2 rings (SSSR count). The van der Waals surface area contributed by atoms with Gasteiger partial charge in [0.1, 0.15) is 0 Å². The first kappa shape index (κ1) is 12.4. The Hall–Kier alpha value is -0.0800. The molecule has 0 heterocycles. The van der Waals surface area contributed by atoms with Crippen LogP contribution in [-0.2, 0) is 0 Å². The number of hydrogen-bond donors (Lipinski definition) is 2. The molecule has 2 saturated carbocycles. The van der Waals surface area contributed by atoms with Crippen molar-refractivity contribution < 1.29 is 5.11 Å². The Bertz CT molecular complexity index is 211. The average molecular weight is 225 g/mol. The van der Waals surface area contributed by atoms with E-state index >= 15 is 0 Å². The van der Waals surface area contributed by atoms with Gasteiger partial charge in [0.15, 0.2) is 0 Å². The maximum atomic E-state index is 9.28. The van der Waals surface area contributed by atoms with Crippen molar-refractivity contribution in [2.24, 2.45) is 11.8 Å². The van der Waals surface area contributed by atoms with E-state index in [1.807, 2.05) is 0 Å². The first-order valence-electron chi connectivity index (χ1n) is 7.09. The minimum atomic E-state index is -0.0216. The summed E-state index contributed by atoms with van der Waals surface area (Å²) in [5.74, 6) is 1.79. The van der Waals surface area contributed by atoms with E-state index in [1.54, 1.807) is 0 Å². The molecular weight excluding hydrogens is 198 g/mol. The van der Waals surface area contributed by atoms with Gasteiger partial charge >= 0.3 is 0 Å². The van der Waals surface area contributed by atoms with E-state index in [2.05, 4.69) is 19.2 Å². The van der Waals surface area contributed by atoms with Gasteiger partial charge in [-0.1, -0.05) is 26.7 Å². The number of aliphatic hydroxyl groups excluding tert-OH is 1. The van der Waals surface area contributed by atoms with Crippen LogP contribution in [0.3, 0.4) is 0 Å². The fraction of sp³-hybridized carbons (Fsp3) is 1.00. The normalized spacial score (nSPS) is 40.5. The zero-order valence-electron chi connectivity index (χ0n) is 10.8. The molecule has 94 valence electrons. The van der Waals surface area contributed by atoms with Crippen molar-refractivity contribution in [1.29, 1.82) is 0 Å². The van der Waals surface area contributed by atoms with Crippen LogP contribution in [0.1, 0.15) is 58.8 Å². The van der Waals surface area contributed by atoms with Gasteiger partial charge in [0.2, 0.25) is 0 Å². The summed E-state index contributed by atoms with van der Waals surface area (Å²) in [6.07, 6.45) is 8.81. The Kier molecular flexibility index (Phi) is 4.26. The third kappa shape index (κ3) is 3.21. The molecule has 2 unspecified atom stereocenters. The molecule has 0 aromatic rings. The predicted octanol–water partition coefficient (Wildman–Crippen LogP) is 2.70. The SMILES string of the molecule is CC(C)C1CCCC(NC2CC(O)C2)CC1. The van der Waals surface area contributed by atoms with Crippen LogP contribution < -0.4 is 5.32 Å². The molecule has 0 radical (unpaired) electrons. The zero-order chi connectivity index (χ0) is 11.5. The van der Waals surface area contributed by atoms with Crippen molar-refractivity contribution >= 4 is 0 Å². The summed E-state index contributed by atoms with van der Waals surface area (Å²) in [5, 5.41) is 13.0. The van der Waals surface area contributed by atoms with Crippen molar-refractivity contribution in [2.75, 3.05) is 0 Å². The van der Waals surface area contributed by atoms with E-state index in [9.17, 15) is 5.11 Å². The highest BCUT2D eigenvalue weighted by atomic mass is 16.3. The van der Waals surface area contributed by atoms with Gasteiger partial charge < -0.3 is 10.4 Å². The van der Waals surface area contributed by atoms with Gasteiger partial charge in [-0.25, -0.2) is 0 Å². The number of aliphatic hydroxyl groups is 1. The molecule has 2 aliphatic rings. The molecule has 16 heavy (non-hydrogen) atoms. The van der Waals surface area contributed by atoms with Crippen molar-refractivity contribution in [3.05, 3.63) is 0 Å². The van der Waals surface area contributed by atoms with Crippen LogP contribution in [0.4, 0.5) is 0 Å². The van der Waals surface area contributed by atoms with Crippen LogP contribution in [0.5, 0.6) is 0 Å². The second-order valence-corrected chi connectivity index (χ2v) is 6.20. The Morgan fingerprint density at radius 1 is 1.00 bits per heavy atom. The Balaban J connectivity index is 1.71. The van der Waals surface area contributed by atoms with E-state index in [0.717, 1.165) is 30.7 Å². The van der Waals surface area contributed by atoms with E-state index in [-0.39, 0.29) is 6.10 Å². The molecular formula is C14H27NO. The zero-order valence-corrected chi connectivity index (χ0v) is 10.8. The van der Waals surface area contributed by atoms with Crippen LogP contribution in [0.25, 0.3) is 0 Å². The summed E-state index contributed by atoms with van der Waals surface area (Å²) in [5.41, 5.74) is 0. The summed E-state index contributed by atoms with van der Waals surface area (Å²) in [7, 11) is 0. The second-order valence-electron chi connectivity index (χ2n) is 6.20. The molecule has 0 bridgehead atoms. The van der Waals surface area contributed by atoms with Crippen LogP contribution in [0.2, 0.25) is 0 Å². The monoisotopic (exact) mass is 225 g/mol. The highest BCUT2D eigenvalue weighted by molar-refractivity contribution is 4.88. The van der Waals surface area contributed by atoms with Crippen LogP contribution in [-0.4, -0.2) is 23.3 Å². The fourth-order valence-corrected chi connectivity index (χ4v) is 3.22. The third-order valence-corrected chi connectivity index (χ3v) is 4.54. The molecule has 0 aromatic heterocycles. The minimum Gasteiger partial charge on any atom is -0.393 e. The van der Waals surface area contributed by atoms with Gasteiger partial charge in [-0.15, -0.1) is 0 Å². The lowest BCUT2D eigenvalue weighted by atomic mass is 9.87. The van der Waals surface area contributed by atoms with Crippen molar-refractivity contribution in [2.45, 2.75) is 77.0 Å². The van der Waals surface area contributed by atoms with Crippen molar-refractivity contribution in [3.8, 4) is 0 Å². The number of nitrogens with one attached hydrogen (secondary N) is 1. The second kappa shape index (κ2) is 5.50.